The van der Waals surface area contributed by atoms with Gasteiger partial charge in [0.25, 0.3) is 11.1 Å². The van der Waals surface area contributed by atoms with Gasteiger partial charge in [-0.2, -0.15) is 0 Å². The summed E-state index contributed by atoms with van der Waals surface area (Å²) in [6, 6.07) is 14.8. The molecule has 186 valence electrons. The number of methoxy groups -OCH3 is 1. The number of rotatable bonds is 9. The molecule has 3 aromatic carbocycles. The molecule has 0 saturated carbocycles. The van der Waals surface area contributed by atoms with Gasteiger partial charge in [0.15, 0.2) is 11.5 Å². The lowest BCUT2D eigenvalue weighted by molar-refractivity contribution is -0.123. The highest BCUT2D eigenvalue weighted by atomic mass is 35.5. The number of carbonyl (C=O) groups excluding carboxylic acids is 2. The van der Waals surface area contributed by atoms with E-state index >= 15 is 0 Å². The van der Waals surface area contributed by atoms with Crippen LogP contribution in [-0.2, 0) is 11.4 Å². The third kappa shape index (κ3) is 5.98. The molecule has 0 unspecified atom stereocenters. The van der Waals surface area contributed by atoms with Crippen molar-refractivity contribution in [3.05, 3.63) is 93.4 Å². The zero-order valence-electron chi connectivity index (χ0n) is 19.0. The van der Waals surface area contributed by atoms with E-state index in [1.165, 1.54) is 43.5 Å². The first-order valence-corrected chi connectivity index (χ1v) is 11.9. The van der Waals surface area contributed by atoms with Gasteiger partial charge in [-0.15, -0.1) is 0 Å². The van der Waals surface area contributed by atoms with Crippen molar-refractivity contribution < 1.29 is 32.6 Å². The molecule has 36 heavy (non-hydrogen) atoms. The van der Waals surface area contributed by atoms with Crippen LogP contribution >= 0.6 is 23.4 Å². The number of hydrogen-bond donors (Lipinski definition) is 0. The van der Waals surface area contributed by atoms with E-state index < -0.39 is 17.0 Å². The number of hydrogen-bond acceptors (Lipinski definition) is 6. The Morgan fingerprint density at radius 3 is 2.50 bits per heavy atom. The van der Waals surface area contributed by atoms with Gasteiger partial charge in [0, 0.05) is 5.56 Å². The predicted octanol–water partition coefficient (Wildman–Crippen LogP) is 6.32. The molecule has 0 aromatic heterocycles. The molecular weight excluding hydrogens is 512 g/mol. The predicted molar refractivity (Wildman–Crippen MR) is 133 cm³/mol. The number of halogens is 3. The van der Waals surface area contributed by atoms with Crippen LogP contribution in [-0.4, -0.2) is 36.3 Å². The fourth-order valence-corrected chi connectivity index (χ4v) is 4.50. The maximum absolute atomic E-state index is 13.9. The standard InChI is InChI=1S/C26H20ClF2NO5S/c1-33-22-13-16(12-20(27)24(22)35-15-17-4-2-3-5-21(17)29)14-23-25(31)30(26(32)36-23)10-11-34-19-8-6-18(28)7-9-19/h2-9,12-14H,10-11,15H2,1H3/b23-14-. The number of nitrogens with zero attached hydrogens (tertiary/aromatic N) is 1. The Balaban J connectivity index is 1.44. The van der Waals surface area contributed by atoms with Crippen LogP contribution in [0.4, 0.5) is 13.6 Å². The highest BCUT2D eigenvalue weighted by Crippen LogP contribution is 2.39. The Labute approximate surface area is 215 Å². The molecule has 2 amide bonds. The molecule has 0 bridgehead atoms. The largest absolute Gasteiger partial charge is 0.493 e. The van der Waals surface area contributed by atoms with E-state index in [1.807, 2.05) is 0 Å². The minimum atomic E-state index is -0.470. The molecule has 10 heteroatoms. The van der Waals surface area contributed by atoms with E-state index in [1.54, 1.807) is 30.3 Å². The van der Waals surface area contributed by atoms with Crippen LogP contribution in [0.2, 0.25) is 5.02 Å². The highest BCUT2D eigenvalue weighted by molar-refractivity contribution is 8.18. The first kappa shape index (κ1) is 25.5. The van der Waals surface area contributed by atoms with Gasteiger partial charge in [0.1, 0.15) is 30.6 Å². The van der Waals surface area contributed by atoms with Crippen LogP contribution in [0.15, 0.2) is 65.6 Å². The molecule has 0 N–H and O–H groups in total. The summed E-state index contributed by atoms with van der Waals surface area (Å²) in [4.78, 5) is 26.5. The van der Waals surface area contributed by atoms with Gasteiger partial charge < -0.3 is 14.2 Å². The summed E-state index contributed by atoms with van der Waals surface area (Å²) in [7, 11) is 1.43. The topological polar surface area (TPSA) is 65.1 Å². The Hall–Kier alpha value is -3.56. The number of amides is 2. The maximum Gasteiger partial charge on any atom is 0.293 e. The summed E-state index contributed by atoms with van der Waals surface area (Å²) in [6.45, 7) is 0.0396. The Kier molecular flexibility index (Phi) is 8.12. The van der Waals surface area contributed by atoms with Gasteiger partial charge in [-0.3, -0.25) is 14.5 Å². The molecule has 1 saturated heterocycles. The van der Waals surface area contributed by atoms with Crippen LogP contribution in [0.5, 0.6) is 17.2 Å². The molecule has 0 aliphatic carbocycles. The molecule has 0 atom stereocenters. The second kappa shape index (κ2) is 11.5. The van der Waals surface area contributed by atoms with Crippen LogP contribution in [0, 0.1) is 11.6 Å². The lowest BCUT2D eigenvalue weighted by atomic mass is 10.1. The Bertz CT molecular complexity index is 1320. The van der Waals surface area contributed by atoms with E-state index in [0.29, 0.717) is 16.9 Å². The average molecular weight is 532 g/mol. The number of thioether (sulfide) groups is 1. The summed E-state index contributed by atoms with van der Waals surface area (Å²) in [6.07, 6.45) is 1.53. The van der Waals surface area contributed by atoms with Crippen LogP contribution in [0.3, 0.4) is 0 Å². The Morgan fingerprint density at radius 1 is 1.03 bits per heavy atom. The minimum Gasteiger partial charge on any atom is -0.493 e. The van der Waals surface area contributed by atoms with Gasteiger partial charge in [-0.05, 0) is 65.9 Å². The Morgan fingerprint density at radius 2 is 1.78 bits per heavy atom. The smallest absolute Gasteiger partial charge is 0.293 e. The first-order chi connectivity index (χ1) is 17.4. The number of carbonyl (C=O) groups is 2. The van der Waals surface area contributed by atoms with Crippen LogP contribution in [0.1, 0.15) is 11.1 Å². The molecule has 0 radical (unpaired) electrons. The quantitative estimate of drug-likeness (QED) is 0.301. The molecule has 1 fully saturated rings. The van der Waals surface area contributed by atoms with Crippen molar-refractivity contribution >= 4 is 40.6 Å². The minimum absolute atomic E-state index is 0.0340. The summed E-state index contributed by atoms with van der Waals surface area (Å²) in [5, 5.41) is -0.235. The van der Waals surface area contributed by atoms with Gasteiger partial charge in [-0.25, -0.2) is 8.78 Å². The van der Waals surface area contributed by atoms with Gasteiger partial charge in [0.05, 0.1) is 23.6 Å². The fraction of sp³-hybridized carbons (Fsp3) is 0.154. The number of ether oxygens (including phenoxy) is 3. The molecule has 0 spiro atoms. The van der Waals surface area contributed by atoms with Crippen molar-refractivity contribution in [1.82, 2.24) is 4.90 Å². The average Bonchev–Trinajstić information content (AvgIpc) is 3.12. The molecule has 1 aliphatic rings. The van der Waals surface area contributed by atoms with Crippen LogP contribution in [0.25, 0.3) is 6.08 Å². The van der Waals surface area contributed by atoms with Crippen molar-refractivity contribution in [2.24, 2.45) is 0 Å². The summed E-state index contributed by atoms with van der Waals surface area (Å²) in [5.74, 6) is -0.314. The van der Waals surface area contributed by atoms with Gasteiger partial charge in [0.2, 0.25) is 0 Å². The lowest BCUT2D eigenvalue weighted by Crippen LogP contribution is -2.32. The molecule has 1 heterocycles. The second-order valence-electron chi connectivity index (χ2n) is 7.55. The van der Waals surface area contributed by atoms with Gasteiger partial charge in [-0.1, -0.05) is 29.8 Å². The normalized spacial score (nSPS) is 14.4. The molecule has 4 rings (SSSR count). The zero-order chi connectivity index (χ0) is 25.7. The number of benzene rings is 3. The highest BCUT2D eigenvalue weighted by Gasteiger charge is 2.35. The molecule has 6 nitrogen and oxygen atoms in total. The zero-order valence-corrected chi connectivity index (χ0v) is 20.6. The summed E-state index contributed by atoms with van der Waals surface area (Å²) in [5.41, 5.74) is 0.875. The van der Waals surface area contributed by atoms with Crippen molar-refractivity contribution in [2.75, 3.05) is 20.3 Å². The van der Waals surface area contributed by atoms with Crippen molar-refractivity contribution in [2.45, 2.75) is 6.61 Å². The summed E-state index contributed by atoms with van der Waals surface area (Å²) >= 11 is 7.19. The third-order valence-corrected chi connectivity index (χ3v) is 6.34. The van der Waals surface area contributed by atoms with Crippen LogP contribution < -0.4 is 14.2 Å². The van der Waals surface area contributed by atoms with Crippen molar-refractivity contribution in [3.8, 4) is 17.2 Å². The first-order valence-electron chi connectivity index (χ1n) is 10.7. The van der Waals surface area contributed by atoms with Gasteiger partial charge >= 0.3 is 0 Å². The maximum atomic E-state index is 13.9. The SMILES string of the molecule is COc1cc(/C=C2\SC(=O)N(CCOc3ccc(F)cc3)C2=O)cc(Cl)c1OCc1ccccc1F. The number of imide groups is 1. The third-order valence-electron chi connectivity index (χ3n) is 5.15. The van der Waals surface area contributed by atoms with E-state index in [2.05, 4.69) is 0 Å². The molecule has 1 aliphatic heterocycles. The second-order valence-corrected chi connectivity index (χ2v) is 8.95. The van der Waals surface area contributed by atoms with Crippen molar-refractivity contribution in [1.29, 1.82) is 0 Å². The van der Waals surface area contributed by atoms with E-state index in [9.17, 15) is 18.4 Å². The van der Waals surface area contributed by atoms with Crippen molar-refractivity contribution in [3.63, 3.8) is 0 Å². The lowest BCUT2D eigenvalue weighted by Gasteiger charge is -2.14. The monoisotopic (exact) mass is 531 g/mol. The van der Waals surface area contributed by atoms with E-state index in [4.69, 9.17) is 25.8 Å². The van der Waals surface area contributed by atoms with E-state index in [-0.39, 0.29) is 47.0 Å². The molecular formula is C26H20ClF2NO5S. The van der Waals surface area contributed by atoms with E-state index in [0.717, 1.165) is 16.7 Å². The summed E-state index contributed by atoms with van der Waals surface area (Å²) < 4.78 is 43.5. The fourth-order valence-electron chi connectivity index (χ4n) is 3.36. The molecule has 3 aromatic rings.